The molecule has 1 aromatic carbocycles. The summed E-state index contributed by atoms with van der Waals surface area (Å²) in [6.45, 7) is 6.11. The number of hydrogen-bond acceptors (Lipinski definition) is 2. The molecule has 0 aliphatic rings. The highest BCUT2D eigenvalue weighted by atomic mass is 16.4. The van der Waals surface area contributed by atoms with E-state index in [9.17, 15) is 4.79 Å². The van der Waals surface area contributed by atoms with Gasteiger partial charge >= 0.3 is 5.97 Å². The Morgan fingerprint density at radius 1 is 1.36 bits per heavy atom. The lowest BCUT2D eigenvalue weighted by Crippen LogP contribution is -2.05. The SMILES string of the molecule is Cc1nn(C)c(C)c1-c1cccc(CCC(C)CC(=O)O)c1. The van der Waals surface area contributed by atoms with Crippen LogP contribution in [0, 0.1) is 19.8 Å². The van der Waals surface area contributed by atoms with E-state index >= 15 is 0 Å². The molecule has 2 rings (SSSR count). The number of aryl methyl sites for hydroxylation is 3. The van der Waals surface area contributed by atoms with Crippen molar-refractivity contribution >= 4 is 5.97 Å². The number of carboxylic acid groups (broad SMARTS) is 1. The highest BCUT2D eigenvalue weighted by molar-refractivity contribution is 5.69. The molecule has 4 nitrogen and oxygen atoms in total. The fourth-order valence-electron chi connectivity index (χ4n) is 2.89. The normalized spacial score (nSPS) is 12.4. The van der Waals surface area contributed by atoms with Gasteiger partial charge in [0.15, 0.2) is 0 Å². The van der Waals surface area contributed by atoms with Crippen molar-refractivity contribution in [3.05, 3.63) is 41.2 Å². The minimum atomic E-state index is -0.720. The molecular weight excluding hydrogens is 276 g/mol. The smallest absolute Gasteiger partial charge is 0.303 e. The summed E-state index contributed by atoms with van der Waals surface area (Å²) in [4.78, 5) is 10.7. The summed E-state index contributed by atoms with van der Waals surface area (Å²) < 4.78 is 1.91. The number of carbonyl (C=O) groups is 1. The highest BCUT2D eigenvalue weighted by Gasteiger charge is 2.12. The van der Waals surface area contributed by atoms with Gasteiger partial charge in [-0.15, -0.1) is 0 Å². The Morgan fingerprint density at radius 3 is 2.68 bits per heavy atom. The molecule has 4 heteroatoms. The third-order valence-corrected chi connectivity index (χ3v) is 4.17. The van der Waals surface area contributed by atoms with E-state index in [-0.39, 0.29) is 12.3 Å². The third kappa shape index (κ3) is 3.75. The van der Waals surface area contributed by atoms with Gasteiger partial charge in [0.2, 0.25) is 0 Å². The summed E-state index contributed by atoms with van der Waals surface area (Å²) in [6.07, 6.45) is 2.03. The van der Waals surface area contributed by atoms with Crippen LogP contribution in [0.15, 0.2) is 24.3 Å². The predicted molar refractivity (Wildman–Crippen MR) is 87.9 cm³/mol. The van der Waals surface area contributed by atoms with E-state index < -0.39 is 5.97 Å². The molecule has 1 N–H and O–H groups in total. The number of nitrogens with zero attached hydrogens (tertiary/aromatic N) is 2. The maximum absolute atomic E-state index is 10.7. The molecule has 0 saturated heterocycles. The van der Waals surface area contributed by atoms with Gasteiger partial charge in [-0.2, -0.15) is 5.10 Å². The van der Waals surface area contributed by atoms with E-state index in [4.69, 9.17) is 5.11 Å². The van der Waals surface area contributed by atoms with Gasteiger partial charge < -0.3 is 5.11 Å². The van der Waals surface area contributed by atoms with Crippen LogP contribution in [-0.2, 0) is 18.3 Å². The van der Waals surface area contributed by atoms with E-state index in [1.54, 1.807) is 0 Å². The predicted octanol–water partition coefficient (Wildman–Crippen LogP) is 3.75. The van der Waals surface area contributed by atoms with Crippen LogP contribution in [0.1, 0.15) is 36.7 Å². The molecule has 1 aromatic heterocycles. The van der Waals surface area contributed by atoms with Crippen LogP contribution in [0.5, 0.6) is 0 Å². The Morgan fingerprint density at radius 2 is 2.09 bits per heavy atom. The van der Waals surface area contributed by atoms with Crippen molar-refractivity contribution in [1.82, 2.24) is 9.78 Å². The summed E-state index contributed by atoms with van der Waals surface area (Å²) in [5, 5.41) is 13.3. The molecule has 1 unspecified atom stereocenters. The molecule has 0 spiro atoms. The van der Waals surface area contributed by atoms with Crippen molar-refractivity contribution in [2.45, 2.75) is 40.0 Å². The van der Waals surface area contributed by atoms with Crippen molar-refractivity contribution in [3.8, 4) is 11.1 Å². The van der Waals surface area contributed by atoms with Crippen LogP contribution in [0.4, 0.5) is 0 Å². The second kappa shape index (κ2) is 6.77. The number of hydrogen-bond donors (Lipinski definition) is 1. The van der Waals surface area contributed by atoms with Crippen LogP contribution in [0.3, 0.4) is 0 Å². The number of aromatic nitrogens is 2. The summed E-state index contributed by atoms with van der Waals surface area (Å²) in [5.74, 6) is -0.522. The summed E-state index contributed by atoms with van der Waals surface area (Å²) in [5.41, 5.74) is 5.83. The van der Waals surface area contributed by atoms with Gasteiger partial charge in [0.1, 0.15) is 0 Å². The van der Waals surface area contributed by atoms with E-state index in [2.05, 4.69) is 36.3 Å². The zero-order valence-corrected chi connectivity index (χ0v) is 13.8. The third-order valence-electron chi connectivity index (χ3n) is 4.17. The highest BCUT2D eigenvalue weighted by Crippen LogP contribution is 2.27. The molecule has 0 aliphatic carbocycles. The van der Waals surface area contributed by atoms with Gasteiger partial charge in [-0.05, 0) is 43.7 Å². The minimum Gasteiger partial charge on any atom is -0.481 e. The molecule has 0 fully saturated rings. The molecule has 1 atom stereocenters. The number of carboxylic acids is 1. The topological polar surface area (TPSA) is 55.1 Å². The van der Waals surface area contributed by atoms with E-state index in [1.807, 2.05) is 25.6 Å². The molecule has 0 amide bonds. The van der Waals surface area contributed by atoms with Crippen LogP contribution < -0.4 is 0 Å². The zero-order valence-electron chi connectivity index (χ0n) is 13.8. The lowest BCUT2D eigenvalue weighted by atomic mass is 9.95. The summed E-state index contributed by atoms with van der Waals surface area (Å²) in [7, 11) is 1.96. The number of aliphatic carboxylic acids is 1. The maximum atomic E-state index is 10.7. The molecule has 0 bridgehead atoms. The van der Waals surface area contributed by atoms with Gasteiger partial charge in [0.05, 0.1) is 5.69 Å². The average molecular weight is 300 g/mol. The van der Waals surface area contributed by atoms with Crippen molar-refractivity contribution in [2.24, 2.45) is 13.0 Å². The molecule has 0 saturated carbocycles. The lowest BCUT2D eigenvalue weighted by Gasteiger charge is -2.10. The molecule has 0 aliphatic heterocycles. The van der Waals surface area contributed by atoms with Crippen LogP contribution in [-0.4, -0.2) is 20.9 Å². The van der Waals surface area contributed by atoms with Crippen LogP contribution >= 0.6 is 0 Å². The summed E-state index contributed by atoms with van der Waals surface area (Å²) in [6, 6.07) is 8.49. The average Bonchev–Trinajstić information content (AvgIpc) is 2.69. The second-order valence-corrected chi connectivity index (χ2v) is 6.11. The molecular formula is C18H24N2O2. The van der Waals surface area contributed by atoms with E-state index in [1.165, 1.54) is 16.7 Å². The zero-order chi connectivity index (χ0) is 16.3. The van der Waals surface area contributed by atoms with Crippen molar-refractivity contribution < 1.29 is 9.90 Å². The monoisotopic (exact) mass is 300 g/mol. The largest absolute Gasteiger partial charge is 0.481 e. The van der Waals surface area contributed by atoms with Gasteiger partial charge in [0.25, 0.3) is 0 Å². The molecule has 1 heterocycles. The fraction of sp³-hybridized carbons (Fsp3) is 0.444. The van der Waals surface area contributed by atoms with Crippen molar-refractivity contribution in [1.29, 1.82) is 0 Å². The Hall–Kier alpha value is -2.10. The van der Waals surface area contributed by atoms with Crippen LogP contribution in [0.25, 0.3) is 11.1 Å². The van der Waals surface area contributed by atoms with E-state index in [0.717, 1.165) is 24.2 Å². The Labute approximate surface area is 131 Å². The number of rotatable bonds is 6. The van der Waals surface area contributed by atoms with Crippen molar-refractivity contribution in [3.63, 3.8) is 0 Å². The Balaban J connectivity index is 2.15. The second-order valence-electron chi connectivity index (χ2n) is 6.11. The first-order chi connectivity index (χ1) is 10.4. The summed E-state index contributed by atoms with van der Waals surface area (Å²) >= 11 is 0. The van der Waals surface area contributed by atoms with Gasteiger partial charge in [0, 0.05) is 24.7 Å². The molecule has 2 aromatic rings. The first-order valence-corrected chi connectivity index (χ1v) is 7.69. The standard InChI is InChI=1S/C18H24N2O2/c1-12(10-17(21)22)8-9-15-6-5-7-16(11-15)18-13(2)19-20(4)14(18)3/h5-7,11-12H,8-10H2,1-4H3,(H,21,22). The molecule has 0 radical (unpaired) electrons. The minimum absolute atomic E-state index is 0.197. The first-order valence-electron chi connectivity index (χ1n) is 7.69. The molecule has 118 valence electrons. The van der Waals surface area contributed by atoms with Gasteiger partial charge in [-0.3, -0.25) is 9.48 Å². The van der Waals surface area contributed by atoms with E-state index in [0.29, 0.717) is 0 Å². The van der Waals surface area contributed by atoms with Gasteiger partial charge in [-0.25, -0.2) is 0 Å². The van der Waals surface area contributed by atoms with Crippen molar-refractivity contribution in [2.75, 3.05) is 0 Å². The first kappa shape index (κ1) is 16.3. The van der Waals surface area contributed by atoms with Crippen LogP contribution in [0.2, 0.25) is 0 Å². The Kier molecular flexibility index (Phi) is 5.01. The Bertz CT molecular complexity index is 674. The quantitative estimate of drug-likeness (QED) is 0.884. The number of benzene rings is 1. The lowest BCUT2D eigenvalue weighted by molar-refractivity contribution is -0.138. The fourth-order valence-corrected chi connectivity index (χ4v) is 2.89. The van der Waals surface area contributed by atoms with Gasteiger partial charge in [-0.1, -0.05) is 31.2 Å². The maximum Gasteiger partial charge on any atom is 0.303 e. The molecule has 22 heavy (non-hydrogen) atoms.